The monoisotopic (exact) mass is 418 g/mol. The van der Waals surface area contributed by atoms with Crippen molar-refractivity contribution in [2.45, 2.75) is 19.3 Å². The number of unbranched alkanes of at least 4 members (excludes halogenated alkanes) is 1. The average molecular weight is 418 g/mol. The molecule has 31 heavy (non-hydrogen) atoms. The molecule has 7 heteroatoms. The lowest BCUT2D eigenvalue weighted by Crippen LogP contribution is -2.46. The summed E-state index contributed by atoms with van der Waals surface area (Å²) in [6.07, 6.45) is 3.83. The summed E-state index contributed by atoms with van der Waals surface area (Å²) >= 11 is 0. The predicted octanol–water partition coefficient (Wildman–Crippen LogP) is 4.24. The second-order valence-corrected chi connectivity index (χ2v) is 7.84. The summed E-state index contributed by atoms with van der Waals surface area (Å²) in [4.78, 5) is 18.9. The van der Waals surface area contributed by atoms with Crippen molar-refractivity contribution in [3.63, 3.8) is 0 Å². The minimum atomic E-state index is -1.30. The molecule has 0 radical (unpaired) electrons. The molecule has 2 heterocycles. The largest absolute Gasteiger partial charge is 0.511 e. The molecule has 2 aromatic carbocycles. The van der Waals surface area contributed by atoms with Gasteiger partial charge in [0.05, 0.1) is 11.6 Å². The van der Waals surface area contributed by atoms with Gasteiger partial charge in [-0.3, -0.25) is 4.90 Å². The third-order valence-electron chi connectivity index (χ3n) is 5.83. The van der Waals surface area contributed by atoms with Gasteiger partial charge in [0.15, 0.2) is 0 Å². The molecule has 0 saturated carbocycles. The van der Waals surface area contributed by atoms with Crippen LogP contribution in [-0.2, 0) is 6.42 Å². The van der Waals surface area contributed by atoms with Crippen molar-refractivity contribution in [1.82, 2.24) is 9.88 Å². The minimum Gasteiger partial charge on any atom is -0.449 e. The number of hydrogen-bond donors (Lipinski definition) is 2. The number of rotatable bonds is 7. The maximum Gasteiger partial charge on any atom is 0.511 e. The van der Waals surface area contributed by atoms with Gasteiger partial charge in [-0.15, -0.1) is 0 Å². The van der Waals surface area contributed by atoms with Gasteiger partial charge in [0.25, 0.3) is 0 Å². The number of aromatic nitrogens is 1. The number of aryl methyl sites for hydroxylation is 1. The predicted molar refractivity (Wildman–Crippen MR) is 120 cm³/mol. The van der Waals surface area contributed by atoms with Crippen molar-refractivity contribution in [2.75, 3.05) is 37.6 Å². The van der Waals surface area contributed by atoms with E-state index in [0.717, 1.165) is 68.6 Å². The fourth-order valence-corrected chi connectivity index (χ4v) is 4.18. The third-order valence-corrected chi connectivity index (χ3v) is 5.83. The van der Waals surface area contributed by atoms with Crippen LogP contribution in [0.5, 0.6) is 5.75 Å². The summed E-state index contributed by atoms with van der Waals surface area (Å²) in [5.41, 5.74) is 4.01. The van der Waals surface area contributed by atoms with Gasteiger partial charge >= 0.3 is 6.16 Å². The number of nitriles is 1. The Labute approximate surface area is 181 Å². The first-order chi connectivity index (χ1) is 15.1. The van der Waals surface area contributed by atoms with E-state index in [1.165, 1.54) is 5.56 Å². The highest BCUT2D eigenvalue weighted by Gasteiger charge is 2.17. The van der Waals surface area contributed by atoms with Gasteiger partial charge in [0.1, 0.15) is 5.75 Å². The Morgan fingerprint density at radius 3 is 2.74 bits per heavy atom. The molecular formula is C24H26N4O3. The summed E-state index contributed by atoms with van der Waals surface area (Å²) in [5, 5.41) is 18.9. The van der Waals surface area contributed by atoms with Crippen molar-refractivity contribution in [3.8, 4) is 11.8 Å². The Balaban J connectivity index is 1.24. The average Bonchev–Trinajstić information content (AvgIpc) is 3.19. The SMILES string of the molecule is N#Cc1cccc(N2CCN(CCCCc3c[nH]c4ccc(OC(=O)O)cc34)CC2)c1. The number of hydrogen-bond acceptors (Lipinski definition) is 5. The van der Waals surface area contributed by atoms with E-state index in [1.54, 1.807) is 12.1 Å². The van der Waals surface area contributed by atoms with Crippen LogP contribution in [0.15, 0.2) is 48.7 Å². The van der Waals surface area contributed by atoms with E-state index in [0.29, 0.717) is 11.3 Å². The molecule has 0 bridgehead atoms. The fraction of sp³-hybridized carbons (Fsp3) is 0.333. The molecule has 1 fully saturated rings. The van der Waals surface area contributed by atoms with Crippen LogP contribution in [0.2, 0.25) is 0 Å². The van der Waals surface area contributed by atoms with Gasteiger partial charge in [-0.25, -0.2) is 4.79 Å². The van der Waals surface area contributed by atoms with Crippen molar-refractivity contribution >= 4 is 22.7 Å². The molecule has 0 amide bonds. The Morgan fingerprint density at radius 2 is 1.97 bits per heavy atom. The zero-order valence-electron chi connectivity index (χ0n) is 17.4. The number of benzene rings is 2. The van der Waals surface area contributed by atoms with Crippen molar-refractivity contribution in [1.29, 1.82) is 5.26 Å². The number of aromatic amines is 1. The first-order valence-electron chi connectivity index (χ1n) is 10.6. The molecule has 160 valence electrons. The van der Waals surface area contributed by atoms with Crippen molar-refractivity contribution in [3.05, 3.63) is 59.8 Å². The lowest BCUT2D eigenvalue weighted by molar-refractivity contribution is 0.144. The first-order valence-corrected chi connectivity index (χ1v) is 10.6. The van der Waals surface area contributed by atoms with Gasteiger partial charge in [-0.1, -0.05) is 6.07 Å². The number of carboxylic acid groups (broad SMARTS) is 1. The van der Waals surface area contributed by atoms with Gasteiger partial charge in [-0.2, -0.15) is 5.26 Å². The maximum atomic E-state index is 10.8. The zero-order valence-corrected chi connectivity index (χ0v) is 17.4. The molecule has 3 aromatic rings. The topological polar surface area (TPSA) is 92.6 Å². The summed E-state index contributed by atoms with van der Waals surface area (Å²) in [6, 6.07) is 15.3. The summed E-state index contributed by atoms with van der Waals surface area (Å²) in [7, 11) is 0. The van der Waals surface area contributed by atoms with Crippen LogP contribution in [0.3, 0.4) is 0 Å². The number of nitrogens with zero attached hydrogens (tertiary/aromatic N) is 3. The molecular weight excluding hydrogens is 392 g/mol. The van der Waals surface area contributed by atoms with E-state index in [2.05, 4.69) is 26.9 Å². The van der Waals surface area contributed by atoms with Crippen LogP contribution in [-0.4, -0.2) is 53.9 Å². The van der Waals surface area contributed by atoms with Crippen LogP contribution in [0.1, 0.15) is 24.0 Å². The molecule has 2 N–H and O–H groups in total. The Hall–Kier alpha value is -3.50. The standard InChI is InChI=1S/C24H26N4O3/c25-16-18-4-3-6-20(14-18)28-12-10-27(11-13-28)9-2-1-5-19-17-26-23-8-7-21(15-22(19)23)31-24(29)30/h3-4,6-8,14-15,17,26H,1-2,5,9-13H2,(H,29,30). The lowest BCUT2D eigenvalue weighted by atomic mass is 10.1. The van der Waals surface area contributed by atoms with E-state index in [9.17, 15) is 4.79 Å². The fourth-order valence-electron chi connectivity index (χ4n) is 4.18. The Kier molecular flexibility index (Phi) is 6.39. The molecule has 1 aliphatic rings. The molecule has 4 rings (SSSR count). The molecule has 7 nitrogen and oxygen atoms in total. The quantitative estimate of drug-likeness (QED) is 0.339. The zero-order chi connectivity index (χ0) is 21.6. The minimum absolute atomic E-state index is 0.346. The molecule has 1 aromatic heterocycles. The van der Waals surface area contributed by atoms with Crippen molar-refractivity contribution in [2.24, 2.45) is 0 Å². The lowest BCUT2D eigenvalue weighted by Gasteiger charge is -2.36. The number of nitrogens with one attached hydrogen (secondary N) is 1. The summed E-state index contributed by atoms with van der Waals surface area (Å²) in [5.74, 6) is 0.346. The van der Waals surface area contributed by atoms with Gasteiger partial charge in [-0.05, 0) is 67.8 Å². The second-order valence-electron chi connectivity index (χ2n) is 7.84. The van der Waals surface area contributed by atoms with E-state index in [4.69, 9.17) is 15.1 Å². The van der Waals surface area contributed by atoms with Crippen LogP contribution < -0.4 is 9.64 Å². The maximum absolute atomic E-state index is 10.8. The normalized spacial score (nSPS) is 14.5. The number of carbonyl (C=O) groups is 1. The van der Waals surface area contributed by atoms with E-state index in [1.807, 2.05) is 30.5 Å². The van der Waals surface area contributed by atoms with E-state index in [-0.39, 0.29) is 0 Å². The number of piperazine rings is 1. The van der Waals surface area contributed by atoms with Gasteiger partial charge in [0.2, 0.25) is 0 Å². The van der Waals surface area contributed by atoms with Crippen LogP contribution in [0.25, 0.3) is 10.9 Å². The third kappa shape index (κ3) is 5.16. The van der Waals surface area contributed by atoms with Crippen LogP contribution in [0, 0.1) is 11.3 Å². The highest BCUT2D eigenvalue weighted by atomic mass is 16.7. The van der Waals surface area contributed by atoms with Crippen molar-refractivity contribution < 1.29 is 14.6 Å². The molecule has 0 atom stereocenters. The molecule has 1 aliphatic heterocycles. The highest BCUT2D eigenvalue weighted by molar-refractivity contribution is 5.85. The van der Waals surface area contributed by atoms with E-state index < -0.39 is 6.16 Å². The van der Waals surface area contributed by atoms with Gasteiger partial charge < -0.3 is 19.7 Å². The van der Waals surface area contributed by atoms with Gasteiger partial charge in [0, 0.05) is 49.0 Å². The molecule has 0 unspecified atom stereocenters. The smallest absolute Gasteiger partial charge is 0.449 e. The summed E-state index contributed by atoms with van der Waals surface area (Å²) < 4.78 is 4.78. The first kappa shape index (κ1) is 20.8. The Morgan fingerprint density at radius 1 is 1.13 bits per heavy atom. The second kappa shape index (κ2) is 9.54. The van der Waals surface area contributed by atoms with Crippen LogP contribution >= 0.6 is 0 Å². The van der Waals surface area contributed by atoms with Crippen LogP contribution in [0.4, 0.5) is 10.5 Å². The summed E-state index contributed by atoms with van der Waals surface area (Å²) in [6.45, 7) is 5.08. The molecule has 0 spiro atoms. The Bertz CT molecular complexity index is 1090. The van der Waals surface area contributed by atoms with E-state index >= 15 is 0 Å². The number of fused-ring (bicyclic) bond motifs is 1. The number of ether oxygens (including phenoxy) is 1. The number of anilines is 1. The molecule has 1 saturated heterocycles. The highest BCUT2D eigenvalue weighted by Crippen LogP contribution is 2.25. The number of H-pyrrole nitrogens is 1. The molecule has 0 aliphatic carbocycles.